The maximum absolute atomic E-state index is 12.8. The molecule has 34 heavy (non-hydrogen) atoms. The highest BCUT2D eigenvalue weighted by molar-refractivity contribution is 5.92. The van der Waals surface area contributed by atoms with Crippen LogP contribution in [0.5, 0.6) is 0 Å². The van der Waals surface area contributed by atoms with E-state index in [4.69, 9.17) is 4.74 Å². The molecule has 0 saturated heterocycles. The van der Waals surface area contributed by atoms with Crippen LogP contribution in [0.25, 0.3) is 11.1 Å². The summed E-state index contributed by atoms with van der Waals surface area (Å²) in [6.45, 7) is 3.10. The van der Waals surface area contributed by atoms with Gasteiger partial charge in [0.1, 0.15) is 12.1 Å². The van der Waals surface area contributed by atoms with Crippen molar-refractivity contribution in [1.82, 2.24) is 10.6 Å². The number of carbonyl (C=O) groups excluding carboxylic acids is 2. The topological polar surface area (TPSA) is 105 Å². The second-order valence-corrected chi connectivity index (χ2v) is 8.73. The molecule has 0 radical (unpaired) electrons. The van der Waals surface area contributed by atoms with E-state index >= 15 is 0 Å². The van der Waals surface area contributed by atoms with Crippen molar-refractivity contribution in [3.05, 3.63) is 95.6 Å². The van der Waals surface area contributed by atoms with Crippen molar-refractivity contribution in [2.75, 3.05) is 6.61 Å². The van der Waals surface area contributed by atoms with Crippen LogP contribution in [0.4, 0.5) is 4.79 Å². The molecule has 174 valence electrons. The van der Waals surface area contributed by atoms with E-state index in [1.165, 1.54) is 13.8 Å². The van der Waals surface area contributed by atoms with Crippen molar-refractivity contribution >= 4 is 18.0 Å². The molecule has 1 aliphatic carbocycles. The number of ether oxygens (including phenoxy) is 1. The molecule has 3 N–H and O–H groups in total. The minimum absolute atomic E-state index is 0.107. The van der Waals surface area contributed by atoms with E-state index in [1.54, 1.807) is 30.3 Å². The molecule has 1 unspecified atom stereocenters. The van der Waals surface area contributed by atoms with E-state index in [-0.39, 0.29) is 12.5 Å². The van der Waals surface area contributed by atoms with Crippen LogP contribution in [0.15, 0.2) is 78.9 Å². The minimum Gasteiger partial charge on any atom is -0.479 e. The average Bonchev–Trinajstić information content (AvgIpc) is 3.15. The lowest BCUT2D eigenvalue weighted by atomic mass is 9.98. The molecule has 1 atom stereocenters. The van der Waals surface area contributed by atoms with Crippen LogP contribution in [0.3, 0.4) is 0 Å². The monoisotopic (exact) mass is 458 g/mol. The molecular weight excluding hydrogens is 432 g/mol. The molecule has 0 saturated carbocycles. The summed E-state index contributed by atoms with van der Waals surface area (Å²) in [4.78, 5) is 37.1. The quantitative estimate of drug-likeness (QED) is 0.491. The fourth-order valence-electron chi connectivity index (χ4n) is 4.19. The molecule has 0 fully saturated rings. The molecule has 0 bridgehead atoms. The number of alkyl carbamates (subject to hydrolysis) is 1. The Bertz CT molecular complexity index is 1180. The molecule has 0 spiro atoms. The van der Waals surface area contributed by atoms with Crippen LogP contribution in [-0.4, -0.2) is 35.2 Å². The zero-order valence-corrected chi connectivity index (χ0v) is 18.9. The number of carbonyl (C=O) groups is 3. The minimum atomic E-state index is -1.40. The Morgan fingerprint density at radius 1 is 0.882 bits per heavy atom. The second-order valence-electron chi connectivity index (χ2n) is 8.73. The van der Waals surface area contributed by atoms with E-state index in [0.29, 0.717) is 5.56 Å². The molecule has 7 heteroatoms. The van der Waals surface area contributed by atoms with Crippen molar-refractivity contribution < 1.29 is 24.2 Å². The Hall–Kier alpha value is -4.13. The third kappa shape index (κ3) is 4.64. The molecular formula is C27H26N2O5. The van der Waals surface area contributed by atoms with Crippen molar-refractivity contribution in [2.24, 2.45) is 0 Å². The fraction of sp³-hybridized carbons (Fsp3) is 0.222. The molecule has 3 aromatic carbocycles. The van der Waals surface area contributed by atoms with Gasteiger partial charge in [0, 0.05) is 5.92 Å². The van der Waals surface area contributed by atoms with Gasteiger partial charge in [0.05, 0.1) is 0 Å². The number of fused-ring (bicyclic) bond motifs is 3. The Kier molecular flexibility index (Phi) is 6.36. The summed E-state index contributed by atoms with van der Waals surface area (Å²) in [5.41, 5.74) is 3.44. The maximum atomic E-state index is 12.8. The molecule has 4 rings (SSSR count). The van der Waals surface area contributed by atoms with E-state index in [0.717, 1.165) is 22.3 Å². The highest BCUT2D eigenvalue weighted by Crippen LogP contribution is 2.44. The maximum Gasteiger partial charge on any atom is 0.408 e. The highest BCUT2D eigenvalue weighted by Gasteiger charge is 2.35. The van der Waals surface area contributed by atoms with Gasteiger partial charge in [-0.3, -0.25) is 4.79 Å². The largest absolute Gasteiger partial charge is 0.479 e. The molecule has 3 aromatic rings. The first-order chi connectivity index (χ1) is 16.3. The highest BCUT2D eigenvalue weighted by atomic mass is 16.5. The zero-order valence-electron chi connectivity index (χ0n) is 18.9. The summed E-state index contributed by atoms with van der Waals surface area (Å²) in [6, 6.07) is 23.1. The number of hydrogen-bond donors (Lipinski definition) is 3. The molecule has 1 aliphatic rings. The first-order valence-electron chi connectivity index (χ1n) is 11.0. The van der Waals surface area contributed by atoms with E-state index in [1.807, 2.05) is 48.5 Å². The first kappa shape index (κ1) is 23.0. The molecule has 0 aliphatic heterocycles. The number of aliphatic carboxylic acids is 1. The van der Waals surface area contributed by atoms with Crippen LogP contribution >= 0.6 is 0 Å². The lowest BCUT2D eigenvalue weighted by Crippen LogP contribution is -2.56. The van der Waals surface area contributed by atoms with Gasteiger partial charge in [0.15, 0.2) is 6.04 Å². The molecule has 2 amide bonds. The fourth-order valence-corrected chi connectivity index (χ4v) is 4.19. The van der Waals surface area contributed by atoms with Gasteiger partial charge in [0.25, 0.3) is 0 Å². The van der Waals surface area contributed by atoms with Gasteiger partial charge in [-0.2, -0.15) is 0 Å². The van der Waals surface area contributed by atoms with Gasteiger partial charge in [-0.1, -0.05) is 78.9 Å². The summed E-state index contributed by atoms with van der Waals surface area (Å²) in [5.74, 6) is -1.95. The van der Waals surface area contributed by atoms with Gasteiger partial charge < -0.3 is 20.5 Å². The van der Waals surface area contributed by atoms with Crippen LogP contribution in [0.1, 0.15) is 42.5 Å². The third-order valence-corrected chi connectivity index (χ3v) is 5.98. The number of hydrogen-bond acceptors (Lipinski definition) is 4. The number of amides is 2. The Labute approximate surface area is 197 Å². The van der Waals surface area contributed by atoms with Gasteiger partial charge in [-0.05, 0) is 41.7 Å². The lowest BCUT2D eigenvalue weighted by Gasteiger charge is -2.27. The zero-order chi connectivity index (χ0) is 24.3. The van der Waals surface area contributed by atoms with Gasteiger partial charge in [0.2, 0.25) is 5.91 Å². The van der Waals surface area contributed by atoms with E-state index in [2.05, 4.69) is 10.6 Å². The Morgan fingerprint density at radius 3 is 1.97 bits per heavy atom. The summed E-state index contributed by atoms with van der Waals surface area (Å²) < 4.78 is 5.52. The van der Waals surface area contributed by atoms with Crippen LogP contribution in [0, 0.1) is 0 Å². The Morgan fingerprint density at radius 2 is 1.41 bits per heavy atom. The van der Waals surface area contributed by atoms with Crippen molar-refractivity contribution in [3.63, 3.8) is 0 Å². The van der Waals surface area contributed by atoms with Gasteiger partial charge >= 0.3 is 12.1 Å². The normalized spacial score (nSPS) is 13.4. The Balaban J connectivity index is 1.41. The second kappa shape index (κ2) is 9.39. The number of rotatable bonds is 7. The number of carboxylic acids is 1. The average molecular weight is 459 g/mol. The van der Waals surface area contributed by atoms with E-state index in [9.17, 15) is 19.5 Å². The molecule has 7 nitrogen and oxygen atoms in total. The van der Waals surface area contributed by atoms with Crippen LogP contribution in [-0.2, 0) is 14.3 Å². The third-order valence-electron chi connectivity index (χ3n) is 5.98. The lowest BCUT2D eigenvalue weighted by molar-refractivity contribution is -0.142. The standard InChI is InChI=1S/C27H26N2O5/c1-27(2,25(32)28-23(24(30)31)17-10-4-3-5-11-17)29-26(33)34-16-22-20-14-8-6-12-18(20)19-13-7-9-15-21(19)22/h3-15,22-23H,16H2,1-2H3,(H,28,32)(H,29,33)(H,30,31). The van der Waals surface area contributed by atoms with Crippen LogP contribution < -0.4 is 10.6 Å². The predicted octanol–water partition coefficient (Wildman–Crippen LogP) is 4.25. The van der Waals surface area contributed by atoms with Crippen molar-refractivity contribution in [2.45, 2.75) is 31.3 Å². The summed E-state index contributed by atoms with van der Waals surface area (Å²) in [5, 5.41) is 14.6. The number of nitrogens with one attached hydrogen (secondary N) is 2. The van der Waals surface area contributed by atoms with Crippen molar-refractivity contribution in [3.8, 4) is 11.1 Å². The number of carboxylic acid groups (broad SMARTS) is 1. The summed E-state index contributed by atoms with van der Waals surface area (Å²) in [7, 11) is 0. The predicted molar refractivity (Wildman–Crippen MR) is 127 cm³/mol. The summed E-state index contributed by atoms with van der Waals surface area (Å²) in [6.07, 6.45) is -0.756. The summed E-state index contributed by atoms with van der Waals surface area (Å²) >= 11 is 0. The van der Waals surface area contributed by atoms with Gasteiger partial charge in [-0.25, -0.2) is 9.59 Å². The van der Waals surface area contributed by atoms with Crippen LogP contribution in [0.2, 0.25) is 0 Å². The van der Waals surface area contributed by atoms with E-state index < -0.39 is 29.6 Å². The molecule has 0 heterocycles. The molecule has 0 aromatic heterocycles. The first-order valence-corrected chi connectivity index (χ1v) is 11.0. The number of benzene rings is 3. The SMILES string of the molecule is CC(C)(NC(=O)OCC1c2ccccc2-c2ccccc21)C(=O)NC(C(=O)O)c1ccccc1. The van der Waals surface area contributed by atoms with Gasteiger partial charge in [-0.15, -0.1) is 0 Å². The smallest absolute Gasteiger partial charge is 0.408 e. The van der Waals surface area contributed by atoms with Crippen molar-refractivity contribution in [1.29, 1.82) is 0 Å².